The van der Waals surface area contributed by atoms with Crippen molar-refractivity contribution in [1.29, 1.82) is 0 Å². The van der Waals surface area contributed by atoms with Crippen molar-refractivity contribution in [3.05, 3.63) is 40.6 Å². The number of halogens is 2. The van der Waals surface area contributed by atoms with Gasteiger partial charge in [0.05, 0.1) is 13.6 Å². The highest BCUT2D eigenvalue weighted by Crippen LogP contribution is 2.38. The fourth-order valence-electron chi connectivity index (χ4n) is 1.94. The Balaban J connectivity index is 2.42. The summed E-state index contributed by atoms with van der Waals surface area (Å²) in [4.78, 5) is 2.74. The Bertz CT molecular complexity index is 526. The van der Waals surface area contributed by atoms with Crippen LogP contribution in [0.1, 0.15) is 33.8 Å². The van der Waals surface area contributed by atoms with Crippen molar-refractivity contribution >= 4 is 54.5 Å². The van der Waals surface area contributed by atoms with E-state index in [1.54, 1.807) is 11.3 Å². The molecule has 1 unspecified atom stereocenters. The van der Waals surface area contributed by atoms with Crippen molar-refractivity contribution in [3.8, 4) is 0 Å². The van der Waals surface area contributed by atoms with E-state index in [1.165, 1.54) is 28.5 Å². The van der Waals surface area contributed by atoms with E-state index in [-0.39, 0.29) is 0 Å². The molecule has 5 heteroatoms. The first-order valence-electron chi connectivity index (χ1n) is 5.78. The van der Waals surface area contributed by atoms with E-state index >= 15 is 0 Å². The molecule has 0 saturated carbocycles. The highest BCUT2D eigenvalue weighted by molar-refractivity contribution is 9.11. The summed E-state index contributed by atoms with van der Waals surface area (Å²) in [5.41, 5.74) is 2.69. The first-order valence-corrected chi connectivity index (χ1v) is 8.99. The minimum Gasteiger partial charge on any atom is -0.306 e. The van der Waals surface area contributed by atoms with Crippen molar-refractivity contribution in [3.63, 3.8) is 0 Å². The molecule has 98 valence electrons. The summed E-state index contributed by atoms with van der Waals surface area (Å²) < 4.78 is 2.43. The maximum absolute atomic E-state index is 3.62. The van der Waals surface area contributed by atoms with Gasteiger partial charge in [-0.1, -0.05) is 6.92 Å². The molecule has 2 aromatic heterocycles. The Morgan fingerprint density at radius 2 is 1.94 bits per heavy atom. The molecule has 0 aliphatic heterocycles. The van der Waals surface area contributed by atoms with Crippen molar-refractivity contribution in [2.24, 2.45) is 0 Å². The molecule has 0 aliphatic carbocycles. The molecule has 1 N–H and O–H groups in total. The lowest BCUT2D eigenvalue weighted by Crippen LogP contribution is -2.21. The zero-order chi connectivity index (χ0) is 13.3. The molecule has 0 aromatic carbocycles. The molecule has 2 heterocycles. The molecule has 0 bridgehead atoms. The van der Waals surface area contributed by atoms with E-state index in [9.17, 15) is 0 Å². The molecule has 1 atom stereocenters. The maximum atomic E-state index is 3.62. The normalized spacial score (nSPS) is 12.9. The van der Waals surface area contributed by atoms with Crippen molar-refractivity contribution in [2.45, 2.75) is 26.8 Å². The van der Waals surface area contributed by atoms with E-state index in [0.717, 1.165) is 6.54 Å². The Kier molecular flexibility index (Phi) is 5.06. The van der Waals surface area contributed by atoms with E-state index < -0.39 is 0 Å². The molecule has 18 heavy (non-hydrogen) atoms. The van der Waals surface area contributed by atoms with Gasteiger partial charge in [0.1, 0.15) is 0 Å². The van der Waals surface area contributed by atoms with E-state index in [0.29, 0.717) is 6.04 Å². The van der Waals surface area contributed by atoms with Crippen LogP contribution >= 0.6 is 54.5 Å². The van der Waals surface area contributed by atoms with Gasteiger partial charge in [-0.2, -0.15) is 0 Å². The quantitative estimate of drug-likeness (QED) is 0.688. The van der Waals surface area contributed by atoms with E-state index in [2.05, 4.69) is 70.1 Å². The minimum absolute atomic E-state index is 0.299. The molecule has 2 aromatic rings. The highest BCUT2D eigenvalue weighted by Gasteiger charge is 2.20. The zero-order valence-electron chi connectivity index (χ0n) is 10.5. The highest BCUT2D eigenvalue weighted by atomic mass is 79.9. The van der Waals surface area contributed by atoms with Crippen molar-refractivity contribution in [2.75, 3.05) is 6.54 Å². The summed E-state index contributed by atoms with van der Waals surface area (Å²) in [6.07, 6.45) is 0. The summed E-state index contributed by atoms with van der Waals surface area (Å²) in [7, 11) is 0. The van der Waals surface area contributed by atoms with Gasteiger partial charge in [0.2, 0.25) is 0 Å². The van der Waals surface area contributed by atoms with Crippen LogP contribution in [0.25, 0.3) is 0 Å². The van der Waals surface area contributed by atoms with Crippen LogP contribution in [0.5, 0.6) is 0 Å². The lowest BCUT2D eigenvalue weighted by atomic mass is 10.1. The first-order chi connectivity index (χ1) is 8.52. The largest absolute Gasteiger partial charge is 0.306 e. The smallest absolute Gasteiger partial charge is 0.0731 e. The lowest BCUT2D eigenvalue weighted by molar-refractivity contribution is 0.639. The fraction of sp³-hybridized carbons (Fsp3) is 0.385. The van der Waals surface area contributed by atoms with Gasteiger partial charge in [0, 0.05) is 9.75 Å². The Morgan fingerprint density at radius 3 is 2.39 bits per heavy atom. The molecule has 0 aliphatic rings. The van der Waals surface area contributed by atoms with Crippen LogP contribution in [0.4, 0.5) is 0 Å². The number of aryl methyl sites for hydroxylation is 2. The summed E-state index contributed by atoms with van der Waals surface area (Å²) >= 11 is 10.8. The standard InChI is InChI=1S/C13H15Br2NS2/c1-4-16-12(9-6-11(14)17-8(9)3)10-5-7(2)13(15)18-10/h5-6,12,16H,4H2,1-3H3. The number of nitrogens with one attached hydrogen (secondary N) is 1. The van der Waals surface area contributed by atoms with Gasteiger partial charge in [-0.15, -0.1) is 22.7 Å². The molecule has 0 fully saturated rings. The van der Waals surface area contributed by atoms with Gasteiger partial charge in [0.15, 0.2) is 0 Å². The third-order valence-electron chi connectivity index (χ3n) is 2.81. The Morgan fingerprint density at radius 1 is 1.22 bits per heavy atom. The average Bonchev–Trinajstić information content (AvgIpc) is 2.79. The Hall–Kier alpha value is 0.320. The van der Waals surface area contributed by atoms with Gasteiger partial charge in [-0.3, -0.25) is 0 Å². The predicted molar refractivity (Wildman–Crippen MR) is 89.0 cm³/mol. The van der Waals surface area contributed by atoms with Crippen LogP contribution in [0.15, 0.2) is 19.7 Å². The second-order valence-corrected chi connectivity index (χ2v) is 9.20. The second-order valence-electron chi connectivity index (χ2n) is 4.16. The summed E-state index contributed by atoms with van der Waals surface area (Å²) in [5.74, 6) is 0. The predicted octanol–water partition coefficient (Wildman–Crippen LogP) is 5.65. The molecule has 0 saturated heterocycles. The van der Waals surface area contributed by atoms with Crippen LogP contribution in [-0.2, 0) is 0 Å². The van der Waals surface area contributed by atoms with Gasteiger partial charge >= 0.3 is 0 Å². The van der Waals surface area contributed by atoms with Crippen molar-refractivity contribution < 1.29 is 0 Å². The fourth-order valence-corrected chi connectivity index (χ4v) is 5.35. The molecule has 1 nitrogen and oxygen atoms in total. The third-order valence-corrected chi connectivity index (χ3v) is 6.58. The van der Waals surface area contributed by atoms with E-state index in [4.69, 9.17) is 0 Å². The zero-order valence-corrected chi connectivity index (χ0v) is 15.3. The monoisotopic (exact) mass is 407 g/mol. The average molecular weight is 409 g/mol. The van der Waals surface area contributed by atoms with Gasteiger partial charge in [0.25, 0.3) is 0 Å². The Labute approximate surface area is 133 Å². The minimum atomic E-state index is 0.299. The van der Waals surface area contributed by atoms with Gasteiger partial charge in [-0.25, -0.2) is 0 Å². The second kappa shape index (κ2) is 6.18. The molecule has 2 rings (SSSR count). The summed E-state index contributed by atoms with van der Waals surface area (Å²) in [6, 6.07) is 4.80. The summed E-state index contributed by atoms with van der Waals surface area (Å²) in [6.45, 7) is 7.44. The lowest BCUT2D eigenvalue weighted by Gasteiger charge is -2.16. The van der Waals surface area contributed by atoms with Gasteiger partial charge < -0.3 is 5.32 Å². The third kappa shape index (κ3) is 3.07. The van der Waals surface area contributed by atoms with Crippen LogP contribution in [0, 0.1) is 13.8 Å². The number of hydrogen-bond acceptors (Lipinski definition) is 3. The maximum Gasteiger partial charge on any atom is 0.0731 e. The molecule has 0 radical (unpaired) electrons. The molecular formula is C13H15Br2NS2. The number of thiophene rings is 2. The number of rotatable bonds is 4. The summed E-state index contributed by atoms with van der Waals surface area (Å²) in [5, 5.41) is 3.59. The van der Waals surface area contributed by atoms with Crippen LogP contribution < -0.4 is 5.32 Å². The van der Waals surface area contributed by atoms with Crippen LogP contribution in [0.2, 0.25) is 0 Å². The topological polar surface area (TPSA) is 12.0 Å². The molecular weight excluding hydrogens is 394 g/mol. The van der Waals surface area contributed by atoms with E-state index in [1.807, 2.05) is 11.3 Å². The van der Waals surface area contributed by atoms with Crippen LogP contribution in [0.3, 0.4) is 0 Å². The molecule has 0 amide bonds. The SMILES string of the molecule is CCNC(c1cc(C)c(Br)s1)c1cc(Br)sc1C. The van der Waals surface area contributed by atoms with Crippen molar-refractivity contribution in [1.82, 2.24) is 5.32 Å². The number of hydrogen-bond donors (Lipinski definition) is 1. The van der Waals surface area contributed by atoms with Gasteiger partial charge in [-0.05, 0) is 75.5 Å². The first kappa shape index (κ1) is 14.7. The molecule has 0 spiro atoms. The van der Waals surface area contributed by atoms with Crippen LogP contribution in [-0.4, -0.2) is 6.54 Å².